The number of halogens is 1. The van der Waals surface area contributed by atoms with Gasteiger partial charge < -0.3 is 5.11 Å². The van der Waals surface area contributed by atoms with Gasteiger partial charge in [0.2, 0.25) is 0 Å². The number of hydrogen-bond donors (Lipinski definition) is 1. The van der Waals surface area contributed by atoms with E-state index in [1.807, 2.05) is 13.8 Å². The molecule has 5 heteroatoms. The maximum atomic E-state index is 11.9. The molecule has 0 atom stereocenters. The minimum atomic E-state index is -0.517. The largest absolute Gasteiger partial charge is 0.508 e. The fourth-order valence-electron chi connectivity index (χ4n) is 1.66. The van der Waals surface area contributed by atoms with E-state index in [1.165, 1.54) is 11.1 Å². The van der Waals surface area contributed by atoms with Crippen LogP contribution in [0.4, 0.5) is 0 Å². The molecule has 0 aliphatic carbocycles. The van der Waals surface area contributed by atoms with Crippen LogP contribution in [0.5, 0.6) is 5.75 Å². The fourth-order valence-corrected chi connectivity index (χ4v) is 1.89. The molecule has 1 saturated heterocycles. The average Bonchev–Trinajstić information content (AvgIpc) is 2.50. The van der Waals surface area contributed by atoms with E-state index in [1.54, 1.807) is 12.1 Å². The molecule has 0 unspecified atom stereocenters. The van der Waals surface area contributed by atoms with E-state index in [9.17, 15) is 9.90 Å². The zero-order chi connectivity index (χ0) is 12.6. The molecule has 0 spiro atoms. The highest BCUT2D eigenvalue weighted by Crippen LogP contribution is 2.32. The monoisotopic (exact) mass is 255 g/mol. The Kier molecular flexibility index (Phi) is 3.02. The molecule has 0 bridgehead atoms. The van der Waals surface area contributed by atoms with E-state index < -0.39 is 5.41 Å². The second-order valence-electron chi connectivity index (χ2n) is 4.74. The Bertz CT molecular complexity index is 439. The highest BCUT2D eigenvalue weighted by Gasteiger charge is 2.40. The number of carbonyl (C=O) groups is 1. The number of nitrogens with zero attached hydrogens (tertiary/aromatic N) is 1. The number of benzene rings is 1. The van der Waals surface area contributed by atoms with Crippen LogP contribution in [0.25, 0.3) is 0 Å². The first-order valence-electron chi connectivity index (χ1n) is 5.33. The van der Waals surface area contributed by atoms with E-state index in [-0.39, 0.29) is 18.2 Å². The molecular formula is C12H14ClNO3. The molecule has 0 radical (unpaired) electrons. The van der Waals surface area contributed by atoms with Crippen LogP contribution in [0.15, 0.2) is 18.2 Å². The van der Waals surface area contributed by atoms with Gasteiger partial charge in [0.25, 0.3) is 5.91 Å². The number of hydrogen-bond acceptors (Lipinski definition) is 3. The third kappa shape index (κ3) is 2.23. The van der Waals surface area contributed by atoms with Gasteiger partial charge in [-0.15, -0.1) is 0 Å². The molecule has 17 heavy (non-hydrogen) atoms. The molecule has 1 heterocycles. The first-order chi connectivity index (χ1) is 7.92. The lowest BCUT2D eigenvalue weighted by molar-refractivity contribution is -0.165. The Balaban J connectivity index is 2.21. The lowest BCUT2D eigenvalue weighted by Gasteiger charge is -2.17. The standard InChI is InChI=1S/C12H14ClNO3/c1-12(2)7-17-14(11(12)16)6-8-9(13)4-3-5-10(8)15/h3-5,15H,6-7H2,1-2H3. The summed E-state index contributed by atoms with van der Waals surface area (Å²) in [7, 11) is 0. The van der Waals surface area contributed by atoms with Gasteiger partial charge in [0.1, 0.15) is 5.75 Å². The van der Waals surface area contributed by atoms with Gasteiger partial charge in [0.05, 0.1) is 18.6 Å². The predicted molar refractivity (Wildman–Crippen MR) is 63.4 cm³/mol. The van der Waals surface area contributed by atoms with Crippen LogP contribution < -0.4 is 0 Å². The summed E-state index contributed by atoms with van der Waals surface area (Å²) < 4.78 is 0. The van der Waals surface area contributed by atoms with Crippen LogP contribution in [0.2, 0.25) is 5.02 Å². The molecule has 0 saturated carbocycles. The number of phenols is 1. The van der Waals surface area contributed by atoms with Crippen LogP contribution in [0.1, 0.15) is 19.4 Å². The molecule has 1 aliphatic rings. The van der Waals surface area contributed by atoms with Crippen LogP contribution in [0.3, 0.4) is 0 Å². The Morgan fingerprint density at radius 2 is 2.24 bits per heavy atom. The van der Waals surface area contributed by atoms with Crippen LogP contribution >= 0.6 is 11.6 Å². The summed E-state index contributed by atoms with van der Waals surface area (Å²) in [5.41, 5.74) is -0.0168. The summed E-state index contributed by atoms with van der Waals surface area (Å²) in [6, 6.07) is 4.85. The predicted octanol–water partition coefficient (Wildman–Crippen LogP) is 2.35. The fraction of sp³-hybridized carbons (Fsp3) is 0.417. The van der Waals surface area contributed by atoms with Gasteiger partial charge >= 0.3 is 0 Å². The molecule has 1 fully saturated rings. The number of hydroxylamine groups is 2. The smallest absolute Gasteiger partial charge is 0.254 e. The van der Waals surface area contributed by atoms with Gasteiger partial charge in [-0.1, -0.05) is 17.7 Å². The summed E-state index contributed by atoms with van der Waals surface area (Å²) in [6.45, 7) is 4.15. The van der Waals surface area contributed by atoms with Crippen LogP contribution in [-0.4, -0.2) is 22.7 Å². The number of rotatable bonds is 2. The SMILES string of the molecule is CC1(C)CON(Cc2c(O)cccc2Cl)C1=O. The van der Waals surface area contributed by atoms with Crippen molar-refractivity contribution in [1.29, 1.82) is 0 Å². The van der Waals surface area contributed by atoms with Crippen molar-refractivity contribution in [2.45, 2.75) is 20.4 Å². The molecule has 1 amide bonds. The van der Waals surface area contributed by atoms with Crippen molar-refractivity contribution in [3.05, 3.63) is 28.8 Å². The average molecular weight is 256 g/mol. The molecule has 4 nitrogen and oxygen atoms in total. The van der Waals surface area contributed by atoms with Crippen molar-refractivity contribution in [3.8, 4) is 5.75 Å². The summed E-state index contributed by atoms with van der Waals surface area (Å²) in [5, 5.41) is 11.4. The van der Waals surface area contributed by atoms with Crippen molar-refractivity contribution in [1.82, 2.24) is 5.06 Å². The maximum absolute atomic E-state index is 11.9. The van der Waals surface area contributed by atoms with Crippen molar-refractivity contribution in [3.63, 3.8) is 0 Å². The van der Waals surface area contributed by atoms with E-state index in [2.05, 4.69) is 0 Å². The summed E-state index contributed by atoms with van der Waals surface area (Å²) in [6.07, 6.45) is 0. The first-order valence-corrected chi connectivity index (χ1v) is 5.71. The molecule has 92 valence electrons. The zero-order valence-corrected chi connectivity index (χ0v) is 10.5. The van der Waals surface area contributed by atoms with Crippen LogP contribution in [-0.2, 0) is 16.2 Å². The highest BCUT2D eigenvalue weighted by molar-refractivity contribution is 6.31. The molecule has 0 aromatic heterocycles. The van der Waals surface area contributed by atoms with Gasteiger partial charge in [-0.25, -0.2) is 5.06 Å². The maximum Gasteiger partial charge on any atom is 0.254 e. The molecule has 2 rings (SSSR count). The van der Waals surface area contributed by atoms with E-state index in [4.69, 9.17) is 16.4 Å². The molecular weight excluding hydrogens is 242 g/mol. The Hall–Kier alpha value is -1.26. The third-order valence-corrected chi connectivity index (χ3v) is 3.14. The van der Waals surface area contributed by atoms with E-state index in [0.717, 1.165) is 0 Å². The quantitative estimate of drug-likeness (QED) is 0.883. The Morgan fingerprint density at radius 1 is 1.53 bits per heavy atom. The molecule has 1 aromatic rings. The van der Waals surface area contributed by atoms with Gasteiger partial charge in [0, 0.05) is 10.6 Å². The highest BCUT2D eigenvalue weighted by atomic mass is 35.5. The first kappa shape index (κ1) is 12.2. The number of amides is 1. The van der Waals surface area contributed by atoms with E-state index >= 15 is 0 Å². The van der Waals surface area contributed by atoms with Gasteiger partial charge in [-0.2, -0.15) is 0 Å². The van der Waals surface area contributed by atoms with Crippen molar-refractivity contribution < 1.29 is 14.7 Å². The minimum Gasteiger partial charge on any atom is -0.508 e. The zero-order valence-electron chi connectivity index (χ0n) is 9.74. The topological polar surface area (TPSA) is 49.8 Å². The molecule has 1 aromatic carbocycles. The summed E-state index contributed by atoms with van der Waals surface area (Å²) in [4.78, 5) is 17.2. The summed E-state index contributed by atoms with van der Waals surface area (Å²) in [5.74, 6) is -0.0320. The van der Waals surface area contributed by atoms with Gasteiger partial charge in [0.15, 0.2) is 0 Å². The van der Waals surface area contributed by atoms with Gasteiger partial charge in [-0.05, 0) is 26.0 Å². The second-order valence-corrected chi connectivity index (χ2v) is 5.14. The van der Waals surface area contributed by atoms with Crippen molar-refractivity contribution >= 4 is 17.5 Å². The molecule has 1 aliphatic heterocycles. The Labute approximate surface area is 105 Å². The van der Waals surface area contributed by atoms with Crippen molar-refractivity contribution in [2.24, 2.45) is 5.41 Å². The third-order valence-electron chi connectivity index (χ3n) is 2.78. The normalized spacial score (nSPS) is 18.8. The lowest BCUT2D eigenvalue weighted by atomic mass is 9.95. The molecule has 1 N–H and O–H groups in total. The van der Waals surface area contributed by atoms with Crippen LogP contribution in [0, 0.1) is 5.41 Å². The number of carbonyl (C=O) groups excluding carboxylic acids is 1. The van der Waals surface area contributed by atoms with Crippen molar-refractivity contribution in [2.75, 3.05) is 6.61 Å². The summed E-state index contributed by atoms with van der Waals surface area (Å²) >= 11 is 5.97. The van der Waals surface area contributed by atoms with E-state index in [0.29, 0.717) is 17.2 Å². The van der Waals surface area contributed by atoms with Gasteiger partial charge in [-0.3, -0.25) is 9.63 Å². The second kappa shape index (κ2) is 4.20. The number of aromatic hydroxyl groups is 1. The Morgan fingerprint density at radius 3 is 2.76 bits per heavy atom. The number of phenolic OH excluding ortho intramolecular Hbond substituents is 1. The lowest BCUT2D eigenvalue weighted by Crippen LogP contribution is -2.30. The minimum absolute atomic E-state index is 0.0682.